The van der Waals surface area contributed by atoms with Gasteiger partial charge in [-0.3, -0.25) is 4.90 Å². The molecule has 0 aromatic heterocycles. The molecule has 104 valence electrons. The SMILES string of the molecule is CC1CN(c2ccc(C(N)=S)c(F)c2)CC(C)N1C. The van der Waals surface area contributed by atoms with Gasteiger partial charge in [0.2, 0.25) is 0 Å². The van der Waals surface area contributed by atoms with E-state index in [1.54, 1.807) is 6.07 Å². The molecule has 2 atom stereocenters. The monoisotopic (exact) mass is 281 g/mol. The van der Waals surface area contributed by atoms with E-state index in [0.717, 1.165) is 18.8 Å². The molecule has 1 aromatic carbocycles. The van der Waals surface area contributed by atoms with Gasteiger partial charge in [-0.15, -0.1) is 0 Å². The molecule has 0 saturated carbocycles. The maximum absolute atomic E-state index is 13.9. The van der Waals surface area contributed by atoms with Crippen molar-refractivity contribution in [3.8, 4) is 0 Å². The highest BCUT2D eigenvalue weighted by Gasteiger charge is 2.26. The Balaban J connectivity index is 2.23. The van der Waals surface area contributed by atoms with Crippen molar-refractivity contribution < 1.29 is 4.39 Å². The summed E-state index contributed by atoms with van der Waals surface area (Å²) < 4.78 is 13.9. The van der Waals surface area contributed by atoms with Gasteiger partial charge in [-0.25, -0.2) is 4.39 Å². The van der Waals surface area contributed by atoms with Crippen LogP contribution in [-0.4, -0.2) is 42.1 Å². The summed E-state index contributed by atoms with van der Waals surface area (Å²) in [7, 11) is 2.13. The van der Waals surface area contributed by atoms with E-state index < -0.39 is 0 Å². The lowest BCUT2D eigenvalue weighted by molar-refractivity contribution is 0.170. The van der Waals surface area contributed by atoms with Crippen LogP contribution in [-0.2, 0) is 0 Å². The van der Waals surface area contributed by atoms with Gasteiger partial charge in [-0.05, 0) is 39.1 Å². The zero-order chi connectivity index (χ0) is 14.2. The number of thiocarbonyl (C=S) groups is 1. The highest BCUT2D eigenvalue weighted by atomic mass is 32.1. The predicted molar refractivity (Wildman–Crippen MR) is 81.2 cm³/mol. The van der Waals surface area contributed by atoms with Crippen LogP contribution in [0, 0.1) is 5.82 Å². The largest absolute Gasteiger partial charge is 0.389 e. The molecule has 1 heterocycles. The number of likely N-dealkylation sites (N-methyl/N-ethyl adjacent to an activating group) is 1. The molecular formula is C14H20FN3S. The molecule has 1 aliphatic rings. The van der Waals surface area contributed by atoms with Crippen LogP contribution < -0.4 is 10.6 Å². The van der Waals surface area contributed by atoms with Gasteiger partial charge < -0.3 is 10.6 Å². The second-order valence-corrected chi connectivity index (χ2v) is 5.74. The maximum Gasteiger partial charge on any atom is 0.135 e. The molecule has 2 rings (SSSR count). The van der Waals surface area contributed by atoms with Gasteiger partial charge in [0.25, 0.3) is 0 Å². The number of piperazine rings is 1. The van der Waals surface area contributed by atoms with Crippen LogP contribution in [0.25, 0.3) is 0 Å². The number of halogens is 1. The molecule has 3 nitrogen and oxygen atoms in total. The van der Waals surface area contributed by atoms with Gasteiger partial charge in [0.05, 0.1) is 0 Å². The quantitative estimate of drug-likeness (QED) is 0.840. The Bertz CT molecular complexity index is 480. The van der Waals surface area contributed by atoms with Crippen molar-refractivity contribution in [1.29, 1.82) is 0 Å². The first-order chi connectivity index (χ1) is 8.90. The van der Waals surface area contributed by atoms with Gasteiger partial charge in [0.1, 0.15) is 10.8 Å². The van der Waals surface area contributed by atoms with E-state index in [-0.39, 0.29) is 10.8 Å². The number of nitrogens with zero attached hydrogens (tertiary/aromatic N) is 2. The Morgan fingerprint density at radius 2 is 1.89 bits per heavy atom. The molecule has 0 amide bonds. The predicted octanol–water partition coefficient (Wildman–Crippen LogP) is 1.99. The standard InChI is InChI=1S/C14H20FN3S/c1-9-7-18(8-10(2)17(9)3)11-4-5-12(14(16)19)13(15)6-11/h4-6,9-10H,7-8H2,1-3H3,(H2,16,19). The summed E-state index contributed by atoms with van der Waals surface area (Å²) >= 11 is 4.82. The second kappa shape index (κ2) is 5.43. The number of anilines is 1. The molecule has 2 unspecified atom stereocenters. The second-order valence-electron chi connectivity index (χ2n) is 5.30. The lowest BCUT2D eigenvalue weighted by atomic mass is 10.1. The van der Waals surface area contributed by atoms with Gasteiger partial charge in [0, 0.05) is 36.4 Å². The molecule has 2 N–H and O–H groups in total. The van der Waals surface area contributed by atoms with Crippen LogP contribution >= 0.6 is 12.2 Å². The van der Waals surface area contributed by atoms with E-state index >= 15 is 0 Å². The summed E-state index contributed by atoms with van der Waals surface area (Å²) in [5.41, 5.74) is 6.68. The molecule has 1 aliphatic heterocycles. The number of benzene rings is 1. The fraction of sp³-hybridized carbons (Fsp3) is 0.500. The Kier molecular flexibility index (Phi) is 4.06. The van der Waals surface area contributed by atoms with E-state index in [9.17, 15) is 4.39 Å². The number of rotatable bonds is 2. The maximum atomic E-state index is 13.9. The van der Waals surface area contributed by atoms with E-state index in [1.807, 2.05) is 6.07 Å². The number of nitrogens with two attached hydrogens (primary N) is 1. The summed E-state index contributed by atoms with van der Waals surface area (Å²) in [6, 6.07) is 5.98. The minimum absolute atomic E-state index is 0.101. The van der Waals surface area contributed by atoms with Gasteiger partial charge >= 0.3 is 0 Å². The fourth-order valence-electron chi connectivity index (χ4n) is 2.52. The Morgan fingerprint density at radius 1 is 1.32 bits per heavy atom. The van der Waals surface area contributed by atoms with Crippen molar-refractivity contribution in [3.63, 3.8) is 0 Å². The smallest absolute Gasteiger partial charge is 0.135 e. The highest BCUT2D eigenvalue weighted by molar-refractivity contribution is 7.80. The lowest BCUT2D eigenvalue weighted by Crippen LogP contribution is -2.55. The summed E-state index contributed by atoms with van der Waals surface area (Å²) in [4.78, 5) is 4.65. The molecule has 19 heavy (non-hydrogen) atoms. The Morgan fingerprint density at radius 3 is 2.37 bits per heavy atom. The van der Waals surface area contributed by atoms with Crippen LogP contribution in [0.5, 0.6) is 0 Å². The topological polar surface area (TPSA) is 32.5 Å². The minimum Gasteiger partial charge on any atom is -0.389 e. The van der Waals surface area contributed by atoms with Crippen molar-refractivity contribution in [1.82, 2.24) is 4.90 Å². The third kappa shape index (κ3) is 2.87. The molecule has 0 radical (unpaired) electrons. The zero-order valence-electron chi connectivity index (χ0n) is 11.6. The summed E-state index contributed by atoms with van der Waals surface area (Å²) in [5.74, 6) is -0.343. The van der Waals surface area contributed by atoms with E-state index in [0.29, 0.717) is 17.6 Å². The Labute approximate surface area is 119 Å². The molecule has 0 bridgehead atoms. The first-order valence-corrected chi connectivity index (χ1v) is 6.87. The summed E-state index contributed by atoms with van der Waals surface area (Å²) in [6.07, 6.45) is 0. The minimum atomic E-state index is -0.343. The average Bonchev–Trinajstić information content (AvgIpc) is 2.34. The molecule has 0 aliphatic carbocycles. The van der Waals surface area contributed by atoms with Crippen molar-refractivity contribution >= 4 is 22.9 Å². The van der Waals surface area contributed by atoms with E-state index in [2.05, 4.69) is 30.7 Å². The van der Waals surface area contributed by atoms with Crippen LogP contribution in [0.3, 0.4) is 0 Å². The van der Waals surface area contributed by atoms with Gasteiger partial charge in [-0.1, -0.05) is 12.2 Å². The normalized spacial score (nSPS) is 24.5. The van der Waals surface area contributed by atoms with Crippen LogP contribution in [0.4, 0.5) is 10.1 Å². The fourth-order valence-corrected chi connectivity index (χ4v) is 2.68. The average molecular weight is 281 g/mol. The molecule has 5 heteroatoms. The van der Waals surface area contributed by atoms with Crippen LogP contribution in [0.1, 0.15) is 19.4 Å². The third-order valence-corrected chi connectivity index (χ3v) is 4.16. The van der Waals surface area contributed by atoms with E-state index in [4.69, 9.17) is 18.0 Å². The first-order valence-electron chi connectivity index (χ1n) is 6.46. The number of hydrogen-bond acceptors (Lipinski definition) is 3. The molecule has 0 spiro atoms. The third-order valence-electron chi connectivity index (χ3n) is 3.94. The number of hydrogen-bond donors (Lipinski definition) is 1. The van der Waals surface area contributed by atoms with Crippen molar-refractivity contribution in [2.75, 3.05) is 25.0 Å². The molecule has 1 saturated heterocycles. The van der Waals surface area contributed by atoms with Gasteiger partial charge in [0.15, 0.2) is 0 Å². The summed E-state index contributed by atoms with van der Waals surface area (Å²) in [5, 5.41) is 0. The molecular weight excluding hydrogens is 261 g/mol. The highest BCUT2D eigenvalue weighted by Crippen LogP contribution is 2.23. The molecule has 1 fully saturated rings. The lowest BCUT2D eigenvalue weighted by Gasteiger charge is -2.43. The van der Waals surface area contributed by atoms with Crippen molar-refractivity contribution in [2.24, 2.45) is 5.73 Å². The molecule has 1 aromatic rings. The van der Waals surface area contributed by atoms with Crippen LogP contribution in [0.15, 0.2) is 18.2 Å². The summed E-state index contributed by atoms with van der Waals surface area (Å²) in [6.45, 7) is 6.16. The zero-order valence-corrected chi connectivity index (χ0v) is 12.4. The first kappa shape index (κ1) is 14.2. The Hall–Kier alpha value is -1.20. The van der Waals surface area contributed by atoms with Crippen molar-refractivity contribution in [2.45, 2.75) is 25.9 Å². The van der Waals surface area contributed by atoms with Crippen molar-refractivity contribution in [3.05, 3.63) is 29.6 Å². The van der Waals surface area contributed by atoms with E-state index in [1.165, 1.54) is 6.07 Å². The van der Waals surface area contributed by atoms with Crippen LogP contribution in [0.2, 0.25) is 0 Å². The van der Waals surface area contributed by atoms with Gasteiger partial charge in [-0.2, -0.15) is 0 Å².